The van der Waals surface area contributed by atoms with Gasteiger partial charge in [0.2, 0.25) is 5.91 Å². The molecule has 5 aliphatic heterocycles. The van der Waals surface area contributed by atoms with Gasteiger partial charge in [-0.15, -0.1) is 0 Å². The summed E-state index contributed by atoms with van der Waals surface area (Å²) in [7, 11) is 3.32. The van der Waals surface area contributed by atoms with E-state index in [1.165, 1.54) is 12.0 Å². The van der Waals surface area contributed by atoms with Gasteiger partial charge in [-0.2, -0.15) is 0 Å². The fourth-order valence-electron chi connectivity index (χ4n) is 9.20. The molecule has 35 heavy (non-hydrogen) atoms. The van der Waals surface area contributed by atoms with Crippen LogP contribution in [0.2, 0.25) is 0 Å². The van der Waals surface area contributed by atoms with Gasteiger partial charge in [0, 0.05) is 35.9 Å². The van der Waals surface area contributed by atoms with Gasteiger partial charge >= 0.3 is 0 Å². The SMILES string of the molecule is COc1cc2c(cc1OC)C13CCN4CC5(O)[C@H](CC41)[C@H]1[C@H](CC(=O)N2[C@@H]13)OC[C@H]5OC1CCC1. The first-order valence-corrected chi connectivity index (χ1v) is 13.3. The second-order valence-corrected chi connectivity index (χ2v) is 11.9. The summed E-state index contributed by atoms with van der Waals surface area (Å²) in [5, 5.41) is 12.4. The number of piperidine rings is 2. The van der Waals surface area contributed by atoms with E-state index >= 15 is 0 Å². The number of carbonyl (C=O) groups is 1. The number of methoxy groups -OCH3 is 2. The first-order chi connectivity index (χ1) is 17.0. The molecule has 1 N–H and O–H groups in total. The fourth-order valence-corrected chi connectivity index (χ4v) is 9.20. The number of fused-ring (bicyclic) bond motifs is 2. The highest BCUT2D eigenvalue weighted by atomic mass is 16.6. The van der Waals surface area contributed by atoms with Crippen molar-refractivity contribution in [3.05, 3.63) is 17.7 Å². The molecule has 8 rings (SSSR count). The predicted octanol–water partition coefficient (Wildman–Crippen LogP) is 1.85. The van der Waals surface area contributed by atoms with Gasteiger partial charge in [-0.05, 0) is 50.3 Å². The average molecular weight is 483 g/mol. The highest BCUT2D eigenvalue weighted by molar-refractivity contribution is 5.99. The van der Waals surface area contributed by atoms with E-state index in [4.69, 9.17) is 18.9 Å². The van der Waals surface area contributed by atoms with Crippen LogP contribution in [-0.4, -0.2) is 85.8 Å². The molecule has 8 nitrogen and oxygen atoms in total. The highest BCUT2D eigenvalue weighted by Crippen LogP contribution is 2.67. The Hall–Kier alpha value is -1.87. The summed E-state index contributed by atoms with van der Waals surface area (Å²) in [6.07, 6.45) is 5.25. The lowest BCUT2D eigenvalue weighted by atomic mass is 9.51. The molecule has 3 unspecified atom stereocenters. The van der Waals surface area contributed by atoms with Crippen LogP contribution in [0.15, 0.2) is 12.1 Å². The third-order valence-corrected chi connectivity index (χ3v) is 10.8. The third-order valence-electron chi connectivity index (χ3n) is 10.8. The molecule has 7 aliphatic rings. The van der Waals surface area contributed by atoms with E-state index in [1.54, 1.807) is 14.2 Å². The Kier molecular flexibility index (Phi) is 4.19. The lowest BCUT2D eigenvalue weighted by Gasteiger charge is -2.62. The molecule has 2 bridgehead atoms. The van der Waals surface area contributed by atoms with Crippen molar-refractivity contribution in [2.75, 3.05) is 38.8 Å². The second-order valence-electron chi connectivity index (χ2n) is 11.9. The topological polar surface area (TPSA) is 80.7 Å². The van der Waals surface area contributed by atoms with Gasteiger partial charge in [-0.3, -0.25) is 9.69 Å². The normalized spacial score (nSPS) is 45.1. The van der Waals surface area contributed by atoms with Crippen LogP contribution in [-0.2, 0) is 19.7 Å². The standard InChI is InChI=1S/C27H34N2O6/c1-32-18-8-15-17(10-19(18)33-2)29-23(30)11-20-24-16-9-21-26(15,25(24)29)6-7-28(21)13-27(16,31)22(12-34-20)35-14-4-3-5-14/h8,10,14,16,20-22,24-25,31H,3-7,9,11-13H2,1-2H3/t16-,20+,21?,22-,24+,25+,26?,27?/m1/s1. The van der Waals surface area contributed by atoms with Crippen LogP contribution in [0.1, 0.15) is 44.1 Å². The maximum Gasteiger partial charge on any atom is 0.229 e. The Bertz CT molecular complexity index is 1110. The van der Waals surface area contributed by atoms with E-state index in [9.17, 15) is 9.90 Å². The van der Waals surface area contributed by atoms with Crippen LogP contribution in [0.3, 0.4) is 0 Å². The van der Waals surface area contributed by atoms with Crippen LogP contribution < -0.4 is 14.4 Å². The number of ether oxygens (including phenoxy) is 4. The molecule has 8 atom stereocenters. The molecule has 6 fully saturated rings. The second kappa shape index (κ2) is 6.91. The number of amides is 1. The van der Waals surface area contributed by atoms with Gasteiger partial charge in [0.25, 0.3) is 0 Å². The van der Waals surface area contributed by atoms with Crippen molar-refractivity contribution in [1.29, 1.82) is 0 Å². The molecule has 188 valence electrons. The molecule has 1 amide bonds. The van der Waals surface area contributed by atoms with E-state index in [2.05, 4.69) is 15.9 Å². The van der Waals surface area contributed by atoms with E-state index in [0.717, 1.165) is 37.9 Å². The van der Waals surface area contributed by atoms with Gasteiger partial charge in [0.1, 0.15) is 11.7 Å². The van der Waals surface area contributed by atoms with Crippen LogP contribution in [0.4, 0.5) is 5.69 Å². The molecule has 0 aromatic heterocycles. The van der Waals surface area contributed by atoms with Crippen molar-refractivity contribution < 1.29 is 28.8 Å². The number of aliphatic hydroxyl groups is 1. The van der Waals surface area contributed by atoms with Crippen molar-refractivity contribution in [2.45, 2.75) is 79.9 Å². The first kappa shape index (κ1) is 21.2. The summed E-state index contributed by atoms with van der Waals surface area (Å²) in [6, 6.07) is 4.38. The summed E-state index contributed by atoms with van der Waals surface area (Å²) >= 11 is 0. The maximum atomic E-state index is 13.8. The van der Waals surface area contributed by atoms with Crippen molar-refractivity contribution in [1.82, 2.24) is 4.90 Å². The number of rotatable bonds is 4. The first-order valence-electron chi connectivity index (χ1n) is 13.3. The summed E-state index contributed by atoms with van der Waals surface area (Å²) < 4.78 is 24.4. The molecule has 2 saturated carbocycles. The van der Waals surface area contributed by atoms with Crippen molar-refractivity contribution in [2.24, 2.45) is 11.8 Å². The number of carbonyl (C=O) groups excluding carboxylic acids is 1. The van der Waals surface area contributed by atoms with Crippen molar-refractivity contribution in [3.8, 4) is 11.5 Å². The molecule has 1 aromatic rings. The smallest absolute Gasteiger partial charge is 0.229 e. The number of nitrogens with zero attached hydrogens (tertiary/aromatic N) is 2. The van der Waals surface area contributed by atoms with E-state index in [0.29, 0.717) is 31.1 Å². The van der Waals surface area contributed by atoms with Crippen LogP contribution in [0.5, 0.6) is 11.5 Å². The molecule has 2 aliphatic carbocycles. The van der Waals surface area contributed by atoms with E-state index < -0.39 is 5.60 Å². The van der Waals surface area contributed by atoms with Crippen molar-refractivity contribution >= 4 is 11.6 Å². The summed E-state index contributed by atoms with van der Waals surface area (Å²) in [6.45, 7) is 1.91. The lowest BCUT2D eigenvalue weighted by Crippen LogP contribution is -2.75. The van der Waals surface area contributed by atoms with Gasteiger partial charge in [0.05, 0.1) is 51.2 Å². The molecular formula is C27H34N2O6. The minimum absolute atomic E-state index is 0.0245. The Labute approximate surface area is 205 Å². The molecule has 8 heteroatoms. The Morgan fingerprint density at radius 3 is 2.71 bits per heavy atom. The third kappa shape index (κ3) is 2.40. The molecular weight excluding hydrogens is 448 g/mol. The molecule has 1 aromatic carbocycles. The minimum atomic E-state index is -0.960. The average Bonchev–Trinajstić information content (AvgIpc) is 3.31. The quantitative estimate of drug-likeness (QED) is 0.702. The lowest BCUT2D eigenvalue weighted by molar-refractivity contribution is -0.215. The Morgan fingerprint density at radius 2 is 1.97 bits per heavy atom. The van der Waals surface area contributed by atoms with Gasteiger partial charge < -0.3 is 29.0 Å². The largest absolute Gasteiger partial charge is 0.493 e. The van der Waals surface area contributed by atoms with Crippen LogP contribution in [0, 0.1) is 11.8 Å². The predicted molar refractivity (Wildman–Crippen MR) is 126 cm³/mol. The Morgan fingerprint density at radius 1 is 1.17 bits per heavy atom. The van der Waals surface area contributed by atoms with E-state index in [1.807, 2.05) is 6.07 Å². The zero-order chi connectivity index (χ0) is 23.7. The van der Waals surface area contributed by atoms with E-state index in [-0.39, 0.29) is 53.6 Å². The zero-order valence-corrected chi connectivity index (χ0v) is 20.4. The zero-order valence-electron chi connectivity index (χ0n) is 20.4. The number of anilines is 1. The monoisotopic (exact) mass is 482 g/mol. The summed E-state index contributed by atoms with van der Waals surface area (Å²) in [5.74, 6) is 1.60. The number of hydrogen-bond donors (Lipinski definition) is 1. The van der Waals surface area contributed by atoms with Gasteiger partial charge in [-0.25, -0.2) is 0 Å². The van der Waals surface area contributed by atoms with Crippen molar-refractivity contribution in [3.63, 3.8) is 0 Å². The molecule has 4 saturated heterocycles. The summed E-state index contributed by atoms with van der Waals surface area (Å²) in [5.41, 5.74) is 1.03. The van der Waals surface area contributed by atoms with Gasteiger partial charge in [0.15, 0.2) is 11.5 Å². The highest BCUT2D eigenvalue weighted by Gasteiger charge is 2.75. The fraction of sp³-hybridized carbons (Fsp3) is 0.741. The molecule has 5 heterocycles. The molecule has 1 spiro atoms. The minimum Gasteiger partial charge on any atom is -0.493 e. The maximum absolute atomic E-state index is 13.8. The number of benzene rings is 1. The van der Waals surface area contributed by atoms with Gasteiger partial charge in [-0.1, -0.05) is 0 Å². The summed E-state index contributed by atoms with van der Waals surface area (Å²) in [4.78, 5) is 18.3. The number of hydrogen-bond acceptors (Lipinski definition) is 7. The molecule has 0 radical (unpaired) electrons. The Balaban J connectivity index is 1.31. The van der Waals surface area contributed by atoms with Crippen LogP contribution >= 0.6 is 0 Å². The van der Waals surface area contributed by atoms with Crippen LogP contribution in [0.25, 0.3) is 0 Å².